The van der Waals surface area contributed by atoms with Crippen molar-refractivity contribution < 1.29 is 19.4 Å². The van der Waals surface area contributed by atoms with Crippen molar-refractivity contribution in [3.63, 3.8) is 0 Å². The third-order valence-electron chi connectivity index (χ3n) is 4.04. The van der Waals surface area contributed by atoms with Gasteiger partial charge in [-0.25, -0.2) is 4.79 Å². The van der Waals surface area contributed by atoms with E-state index in [4.69, 9.17) is 16.3 Å². The average molecular weight is 378 g/mol. The van der Waals surface area contributed by atoms with Gasteiger partial charge in [0.2, 0.25) is 0 Å². The summed E-state index contributed by atoms with van der Waals surface area (Å²) in [5.41, 5.74) is 1.55. The van der Waals surface area contributed by atoms with E-state index < -0.39 is 18.0 Å². The minimum absolute atomic E-state index is 0.437. The summed E-state index contributed by atoms with van der Waals surface area (Å²) in [6.45, 7) is 4.43. The van der Waals surface area contributed by atoms with Gasteiger partial charge in [-0.1, -0.05) is 36.4 Å². The van der Waals surface area contributed by atoms with Crippen LogP contribution in [0, 0.1) is 0 Å². The molecule has 0 saturated carbocycles. The number of hydrogen-bond acceptors (Lipinski definition) is 5. The van der Waals surface area contributed by atoms with Crippen LogP contribution in [0.2, 0.25) is 5.02 Å². The van der Waals surface area contributed by atoms with E-state index in [9.17, 15) is 14.7 Å². The van der Waals surface area contributed by atoms with E-state index in [1.165, 1.54) is 11.3 Å². The fourth-order valence-electron chi connectivity index (χ4n) is 2.92. The van der Waals surface area contributed by atoms with Gasteiger partial charge < -0.3 is 9.84 Å². The summed E-state index contributed by atoms with van der Waals surface area (Å²) in [6.07, 6.45) is 1.81. The second-order valence-electron chi connectivity index (χ2n) is 5.62. The maximum Gasteiger partial charge on any atom is 0.336 e. The molecule has 1 aliphatic rings. The van der Waals surface area contributed by atoms with Gasteiger partial charge in [-0.2, -0.15) is 0 Å². The normalized spacial score (nSPS) is 15.2. The predicted molar refractivity (Wildman–Crippen MR) is 96.1 cm³/mol. The Morgan fingerprint density at radius 1 is 1.40 bits per heavy atom. The number of thiophene rings is 1. The molecule has 0 unspecified atom stereocenters. The summed E-state index contributed by atoms with van der Waals surface area (Å²) in [5, 5.41) is 10.7. The van der Waals surface area contributed by atoms with E-state index in [0.29, 0.717) is 35.2 Å². The highest BCUT2D eigenvalue weighted by Crippen LogP contribution is 2.37. The highest BCUT2D eigenvalue weighted by molar-refractivity contribution is 7.14. The van der Waals surface area contributed by atoms with Crippen molar-refractivity contribution in [3.05, 3.63) is 64.0 Å². The fourth-order valence-corrected chi connectivity index (χ4v) is 4.18. The summed E-state index contributed by atoms with van der Waals surface area (Å²) >= 11 is 7.61. The monoisotopic (exact) mass is 377 g/mol. The van der Waals surface area contributed by atoms with Crippen LogP contribution in [0.25, 0.3) is 0 Å². The smallest absolute Gasteiger partial charge is 0.336 e. The molecule has 1 aromatic carbocycles. The van der Waals surface area contributed by atoms with Gasteiger partial charge in [-0.15, -0.1) is 11.3 Å². The molecule has 130 valence electrons. The molecule has 0 spiro atoms. The minimum Gasteiger partial charge on any atom is -0.480 e. The maximum atomic E-state index is 11.9. The lowest BCUT2D eigenvalue weighted by Crippen LogP contribution is -2.37. The number of carbonyl (C=O) groups excluding carboxylic acids is 1. The van der Waals surface area contributed by atoms with Crippen molar-refractivity contribution in [1.82, 2.24) is 4.90 Å². The number of hydrogen-bond donors (Lipinski definition) is 1. The molecule has 25 heavy (non-hydrogen) atoms. The van der Waals surface area contributed by atoms with Crippen molar-refractivity contribution >= 4 is 34.9 Å². The highest BCUT2D eigenvalue weighted by atomic mass is 35.5. The maximum absolute atomic E-state index is 11.9. The SMILES string of the molecule is C=CC(=O)Oc1cc2c(s1)CCN([C@H](C(=O)O)c1ccccc1Cl)C2. The lowest BCUT2D eigenvalue weighted by molar-refractivity contribution is -0.144. The predicted octanol–water partition coefficient (Wildman–Crippen LogP) is 3.68. The molecule has 2 heterocycles. The van der Waals surface area contributed by atoms with Crippen LogP contribution in [0.3, 0.4) is 0 Å². The second kappa shape index (κ2) is 7.39. The standard InChI is InChI=1S/C18H16ClNO4S/c1-2-15(21)24-16-9-11-10-20(8-7-14(11)25-16)17(18(22)23)12-5-3-4-6-13(12)19/h2-6,9,17H,1,7-8,10H2,(H,22,23)/t17-/m0/s1. The van der Waals surface area contributed by atoms with Gasteiger partial charge >= 0.3 is 11.9 Å². The number of carboxylic acid groups (broad SMARTS) is 1. The molecule has 1 atom stereocenters. The molecular weight excluding hydrogens is 362 g/mol. The summed E-state index contributed by atoms with van der Waals surface area (Å²) < 4.78 is 5.17. The van der Waals surface area contributed by atoms with Crippen molar-refractivity contribution in [2.24, 2.45) is 0 Å². The number of nitrogens with zero attached hydrogens (tertiary/aromatic N) is 1. The first-order valence-electron chi connectivity index (χ1n) is 7.66. The Kier molecular flexibility index (Phi) is 5.22. The first-order valence-corrected chi connectivity index (χ1v) is 8.86. The molecule has 0 fully saturated rings. The number of esters is 1. The summed E-state index contributed by atoms with van der Waals surface area (Å²) in [7, 11) is 0. The van der Waals surface area contributed by atoms with E-state index in [1.54, 1.807) is 30.3 Å². The molecule has 5 nitrogen and oxygen atoms in total. The van der Waals surface area contributed by atoms with Crippen LogP contribution in [0.5, 0.6) is 5.06 Å². The van der Waals surface area contributed by atoms with E-state index in [-0.39, 0.29) is 0 Å². The number of rotatable bonds is 5. The zero-order chi connectivity index (χ0) is 18.0. The first-order chi connectivity index (χ1) is 12.0. The molecule has 0 amide bonds. The Morgan fingerprint density at radius 3 is 2.84 bits per heavy atom. The Balaban J connectivity index is 1.85. The van der Waals surface area contributed by atoms with Crippen LogP contribution in [0.1, 0.15) is 22.0 Å². The van der Waals surface area contributed by atoms with Crippen LogP contribution in [-0.4, -0.2) is 28.5 Å². The molecule has 0 aliphatic carbocycles. The Morgan fingerprint density at radius 2 is 2.16 bits per heavy atom. The van der Waals surface area contributed by atoms with Crippen molar-refractivity contribution in [3.8, 4) is 5.06 Å². The number of halogens is 1. The number of carboxylic acids is 1. The molecule has 1 aromatic heterocycles. The fraction of sp³-hybridized carbons (Fsp3) is 0.222. The number of ether oxygens (including phenoxy) is 1. The minimum atomic E-state index is -0.940. The largest absolute Gasteiger partial charge is 0.480 e. The van der Waals surface area contributed by atoms with Gasteiger partial charge in [-0.3, -0.25) is 9.69 Å². The molecule has 0 saturated heterocycles. The summed E-state index contributed by atoms with van der Waals surface area (Å²) in [4.78, 5) is 26.2. The van der Waals surface area contributed by atoms with Gasteiger partial charge in [0.1, 0.15) is 6.04 Å². The van der Waals surface area contributed by atoms with Crippen molar-refractivity contribution in [1.29, 1.82) is 0 Å². The van der Waals surface area contributed by atoms with Crippen LogP contribution in [0.4, 0.5) is 0 Å². The number of aliphatic carboxylic acids is 1. The van der Waals surface area contributed by atoms with Gasteiger partial charge in [0.25, 0.3) is 0 Å². The second-order valence-corrected chi connectivity index (χ2v) is 7.13. The Bertz CT molecular complexity index is 832. The summed E-state index contributed by atoms with van der Waals surface area (Å²) in [5.74, 6) is -1.44. The van der Waals surface area contributed by atoms with Crippen LogP contribution >= 0.6 is 22.9 Å². The van der Waals surface area contributed by atoms with E-state index in [2.05, 4.69) is 6.58 Å². The average Bonchev–Trinajstić information content (AvgIpc) is 2.98. The first kappa shape index (κ1) is 17.7. The quantitative estimate of drug-likeness (QED) is 0.636. The molecule has 1 N–H and O–H groups in total. The lowest BCUT2D eigenvalue weighted by Gasteiger charge is -2.32. The molecule has 1 aliphatic heterocycles. The molecule has 3 rings (SSSR count). The van der Waals surface area contributed by atoms with Gasteiger partial charge in [-0.05, 0) is 29.7 Å². The van der Waals surface area contributed by atoms with Gasteiger partial charge in [0.05, 0.1) is 0 Å². The number of benzene rings is 1. The van der Waals surface area contributed by atoms with E-state index in [1.807, 2.05) is 4.90 Å². The van der Waals surface area contributed by atoms with E-state index >= 15 is 0 Å². The van der Waals surface area contributed by atoms with E-state index in [0.717, 1.165) is 16.5 Å². The molecule has 7 heteroatoms. The third-order valence-corrected chi connectivity index (χ3v) is 5.50. The zero-order valence-electron chi connectivity index (χ0n) is 13.3. The Hall–Kier alpha value is -2.15. The number of carbonyl (C=O) groups is 2. The molecular formula is C18H16ClNO4S. The van der Waals surface area contributed by atoms with Gasteiger partial charge in [0.15, 0.2) is 5.06 Å². The zero-order valence-corrected chi connectivity index (χ0v) is 14.8. The highest BCUT2D eigenvalue weighted by Gasteiger charge is 2.32. The molecule has 0 bridgehead atoms. The van der Waals surface area contributed by atoms with Crippen molar-refractivity contribution in [2.45, 2.75) is 19.0 Å². The van der Waals surface area contributed by atoms with Gasteiger partial charge in [0, 0.05) is 29.1 Å². The van der Waals surface area contributed by atoms with Crippen LogP contribution in [0.15, 0.2) is 43.0 Å². The lowest BCUT2D eigenvalue weighted by atomic mass is 10.0. The van der Waals surface area contributed by atoms with Crippen LogP contribution in [-0.2, 0) is 22.6 Å². The Labute approximate surface area is 154 Å². The number of fused-ring (bicyclic) bond motifs is 1. The summed E-state index contributed by atoms with van der Waals surface area (Å²) in [6, 6.07) is 7.96. The van der Waals surface area contributed by atoms with Crippen LogP contribution < -0.4 is 4.74 Å². The van der Waals surface area contributed by atoms with Crippen molar-refractivity contribution in [2.75, 3.05) is 6.54 Å². The topological polar surface area (TPSA) is 66.8 Å². The third kappa shape index (κ3) is 3.76. The molecule has 2 aromatic rings. The molecule has 0 radical (unpaired) electrons.